The lowest BCUT2D eigenvalue weighted by Gasteiger charge is -2.43. The van der Waals surface area contributed by atoms with Crippen LogP contribution in [-0.2, 0) is 17.8 Å². The number of thiophene rings is 1. The Morgan fingerprint density at radius 1 is 1.26 bits per heavy atom. The molecule has 1 amide bonds. The number of anilines is 1. The van der Waals surface area contributed by atoms with Crippen LogP contribution in [0.4, 0.5) is 10.5 Å². The number of ether oxygens (including phenoxy) is 1. The molecule has 1 N–H and O–H groups in total. The molecule has 186 valence electrons. The predicted molar refractivity (Wildman–Crippen MR) is 142 cm³/mol. The number of hydrogen-bond donors (Lipinski definition) is 1. The Morgan fingerprint density at radius 2 is 2.06 bits per heavy atom. The second-order valence-corrected chi connectivity index (χ2v) is 12.1. The molecule has 2 aromatic heterocycles. The summed E-state index contributed by atoms with van der Waals surface area (Å²) in [7, 11) is 0. The van der Waals surface area contributed by atoms with Gasteiger partial charge in [-0.2, -0.15) is 0 Å². The van der Waals surface area contributed by atoms with Crippen molar-refractivity contribution in [1.82, 2.24) is 9.88 Å². The molecule has 2 aliphatic rings. The van der Waals surface area contributed by atoms with Crippen LogP contribution in [0, 0.1) is 0 Å². The molecule has 0 bridgehead atoms. The molecule has 8 heteroatoms. The molecule has 4 heterocycles. The van der Waals surface area contributed by atoms with Crippen LogP contribution >= 0.6 is 22.9 Å². The number of aliphatic hydroxyl groups excluding tert-OH is 1. The highest BCUT2D eigenvalue weighted by Crippen LogP contribution is 2.46. The van der Waals surface area contributed by atoms with E-state index in [-0.39, 0.29) is 18.7 Å². The van der Waals surface area contributed by atoms with Crippen molar-refractivity contribution in [2.24, 2.45) is 0 Å². The highest BCUT2D eigenvalue weighted by atomic mass is 35.5. The first-order valence-corrected chi connectivity index (χ1v) is 13.4. The number of nitrogens with zero attached hydrogens (tertiary/aromatic N) is 3. The number of amides is 1. The molecule has 6 nitrogen and oxygen atoms in total. The summed E-state index contributed by atoms with van der Waals surface area (Å²) in [6.07, 6.45) is 4.48. The maximum Gasteiger partial charge on any atom is 0.410 e. The largest absolute Gasteiger partial charge is 0.444 e. The number of benzene rings is 1. The summed E-state index contributed by atoms with van der Waals surface area (Å²) in [5.74, 6) is 0. The number of aliphatic hydroxyl groups is 1. The highest BCUT2D eigenvalue weighted by molar-refractivity contribution is 7.19. The number of fused-ring (bicyclic) bond motifs is 2. The number of pyridine rings is 1. The third kappa shape index (κ3) is 4.74. The molecule has 1 saturated heterocycles. The maximum atomic E-state index is 12.8. The highest BCUT2D eigenvalue weighted by Gasteiger charge is 2.38. The van der Waals surface area contributed by atoms with Crippen molar-refractivity contribution in [2.45, 2.75) is 71.2 Å². The first kappa shape index (κ1) is 24.3. The van der Waals surface area contributed by atoms with Crippen LogP contribution in [0.25, 0.3) is 21.3 Å². The number of carbonyl (C=O) groups excluding carboxylic acids is 1. The fourth-order valence-electron chi connectivity index (χ4n) is 5.36. The zero-order chi connectivity index (χ0) is 24.9. The lowest BCUT2D eigenvalue weighted by molar-refractivity contribution is 0.0292. The molecule has 2 aliphatic heterocycles. The van der Waals surface area contributed by atoms with Crippen molar-refractivity contribution in [2.75, 3.05) is 18.0 Å². The zero-order valence-electron chi connectivity index (χ0n) is 20.7. The molecule has 1 fully saturated rings. The van der Waals surface area contributed by atoms with E-state index in [4.69, 9.17) is 16.3 Å². The quantitative estimate of drug-likeness (QED) is 0.447. The van der Waals surface area contributed by atoms with Gasteiger partial charge in [-0.05, 0) is 76.8 Å². The van der Waals surface area contributed by atoms with Crippen molar-refractivity contribution < 1.29 is 14.6 Å². The van der Waals surface area contributed by atoms with Crippen LogP contribution in [0.15, 0.2) is 30.5 Å². The number of likely N-dealkylation sites (tertiary alicyclic amines) is 1. The number of aryl methyl sites for hydroxylation is 1. The van der Waals surface area contributed by atoms with Gasteiger partial charge in [-0.1, -0.05) is 11.6 Å². The molecule has 35 heavy (non-hydrogen) atoms. The smallest absolute Gasteiger partial charge is 0.410 e. The van der Waals surface area contributed by atoms with E-state index in [9.17, 15) is 9.90 Å². The van der Waals surface area contributed by atoms with Crippen molar-refractivity contribution in [3.63, 3.8) is 0 Å². The average Bonchev–Trinajstić information content (AvgIpc) is 3.44. The van der Waals surface area contributed by atoms with Crippen LogP contribution in [0.2, 0.25) is 5.02 Å². The molecule has 2 atom stereocenters. The Hall–Kier alpha value is -2.35. The topological polar surface area (TPSA) is 65.9 Å². The van der Waals surface area contributed by atoms with Gasteiger partial charge in [-0.3, -0.25) is 4.98 Å². The van der Waals surface area contributed by atoms with Gasteiger partial charge in [-0.25, -0.2) is 4.79 Å². The van der Waals surface area contributed by atoms with Crippen LogP contribution in [0.5, 0.6) is 0 Å². The Labute approximate surface area is 215 Å². The van der Waals surface area contributed by atoms with Crippen molar-refractivity contribution in [1.29, 1.82) is 0 Å². The number of rotatable bonds is 3. The van der Waals surface area contributed by atoms with Gasteiger partial charge in [0, 0.05) is 58.1 Å². The van der Waals surface area contributed by atoms with E-state index in [1.54, 1.807) is 11.3 Å². The molecule has 0 aliphatic carbocycles. The number of halogens is 1. The Bertz CT molecular complexity index is 1270. The van der Waals surface area contributed by atoms with E-state index in [0.29, 0.717) is 19.1 Å². The molecule has 5 rings (SSSR count). The van der Waals surface area contributed by atoms with Gasteiger partial charge in [0.1, 0.15) is 5.60 Å². The fourth-order valence-corrected chi connectivity index (χ4v) is 6.60. The van der Waals surface area contributed by atoms with E-state index in [1.807, 2.05) is 44.0 Å². The van der Waals surface area contributed by atoms with E-state index in [0.717, 1.165) is 50.5 Å². The minimum absolute atomic E-state index is 0.000146. The lowest BCUT2D eigenvalue weighted by atomic mass is 9.89. The Kier molecular flexibility index (Phi) is 6.45. The second-order valence-electron chi connectivity index (χ2n) is 10.6. The second kappa shape index (κ2) is 9.26. The molecule has 0 radical (unpaired) electrons. The first-order chi connectivity index (χ1) is 16.6. The van der Waals surface area contributed by atoms with Crippen molar-refractivity contribution in [3.05, 3.63) is 45.9 Å². The summed E-state index contributed by atoms with van der Waals surface area (Å²) >= 11 is 8.22. The van der Waals surface area contributed by atoms with Crippen LogP contribution < -0.4 is 4.90 Å². The minimum atomic E-state index is -0.509. The lowest BCUT2D eigenvalue weighted by Crippen LogP contribution is -2.47. The molecule has 0 saturated carbocycles. The van der Waals surface area contributed by atoms with Gasteiger partial charge in [0.15, 0.2) is 0 Å². The van der Waals surface area contributed by atoms with Gasteiger partial charge in [0.2, 0.25) is 0 Å². The van der Waals surface area contributed by atoms with Gasteiger partial charge in [-0.15, -0.1) is 11.3 Å². The van der Waals surface area contributed by atoms with E-state index < -0.39 is 5.60 Å². The predicted octanol–water partition coefficient (Wildman–Crippen LogP) is 6.26. The number of hydrogen-bond acceptors (Lipinski definition) is 6. The zero-order valence-corrected chi connectivity index (χ0v) is 22.2. The Balaban J connectivity index is 1.57. The molecular formula is C27H32ClN3O3S. The van der Waals surface area contributed by atoms with Crippen LogP contribution in [0.1, 0.15) is 51.0 Å². The van der Waals surface area contributed by atoms with Crippen LogP contribution in [0.3, 0.4) is 0 Å². The monoisotopic (exact) mass is 513 g/mol. The standard InChI is InChI=1S/C27H32ClN3O3S/c1-16-5-6-17-11-18(28)12-22(21-7-9-29-23-13-20(15-32)35-25(21)23)24(17)31(16)19-8-10-30(14-19)26(33)34-27(2,3)4/h7,9,11-13,16,19,32H,5-6,8,10,14-15H2,1-4H3. The fraction of sp³-hybridized carbons (Fsp3) is 0.481. The van der Waals surface area contributed by atoms with Crippen LogP contribution in [-0.4, -0.2) is 51.9 Å². The molecule has 3 aromatic rings. The normalized spacial score (nSPS) is 20.4. The summed E-state index contributed by atoms with van der Waals surface area (Å²) in [6, 6.07) is 8.68. The number of aromatic nitrogens is 1. The van der Waals surface area contributed by atoms with Gasteiger partial charge in [0.25, 0.3) is 0 Å². The molecular weight excluding hydrogens is 482 g/mol. The third-order valence-electron chi connectivity index (χ3n) is 6.84. The Morgan fingerprint density at radius 3 is 2.80 bits per heavy atom. The van der Waals surface area contributed by atoms with Gasteiger partial charge < -0.3 is 19.6 Å². The summed E-state index contributed by atoms with van der Waals surface area (Å²) in [5.41, 5.74) is 5.00. The van der Waals surface area contributed by atoms with Gasteiger partial charge >= 0.3 is 6.09 Å². The van der Waals surface area contributed by atoms with E-state index >= 15 is 0 Å². The maximum absolute atomic E-state index is 12.8. The summed E-state index contributed by atoms with van der Waals surface area (Å²) in [5, 5.41) is 10.4. The molecule has 0 spiro atoms. The third-order valence-corrected chi connectivity index (χ3v) is 8.20. The van der Waals surface area contributed by atoms with Crippen molar-refractivity contribution >= 4 is 44.9 Å². The molecule has 1 aromatic carbocycles. The first-order valence-electron chi connectivity index (χ1n) is 12.2. The SMILES string of the molecule is CC1CCc2cc(Cl)cc(-c3ccnc4cc(CO)sc34)c2N1C1CCN(C(=O)OC(C)(C)C)C1. The average molecular weight is 514 g/mol. The van der Waals surface area contributed by atoms with Gasteiger partial charge in [0.05, 0.1) is 16.8 Å². The molecule has 2 unspecified atom stereocenters. The summed E-state index contributed by atoms with van der Waals surface area (Å²) < 4.78 is 6.71. The van der Waals surface area contributed by atoms with E-state index in [1.165, 1.54) is 11.3 Å². The van der Waals surface area contributed by atoms with Crippen molar-refractivity contribution in [3.8, 4) is 11.1 Å². The van der Waals surface area contributed by atoms with E-state index in [2.05, 4.69) is 28.9 Å². The summed E-state index contributed by atoms with van der Waals surface area (Å²) in [4.78, 5) is 22.5. The minimum Gasteiger partial charge on any atom is -0.444 e. The summed E-state index contributed by atoms with van der Waals surface area (Å²) in [6.45, 7) is 9.30. The number of carbonyl (C=O) groups is 1.